The average Bonchev–Trinajstić information content (AvgIpc) is 3.63. The van der Waals surface area contributed by atoms with Gasteiger partial charge in [-0.25, -0.2) is 0 Å². The van der Waals surface area contributed by atoms with E-state index in [9.17, 15) is 0 Å². The molecule has 4 heterocycles. The Morgan fingerprint density at radius 2 is 1.00 bits per heavy atom. The molecule has 2 aromatic heterocycles. The summed E-state index contributed by atoms with van der Waals surface area (Å²) in [5, 5.41) is 13.2. The molecule has 46 heavy (non-hydrogen) atoms. The molecule has 3 heteroatoms. The van der Waals surface area contributed by atoms with Crippen LogP contribution in [0.25, 0.3) is 87.3 Å². The summed E-state index contributed by atoms with van der Waals surface area (Å²) in [7, 11) is 0. The van der Waals surface area contributed by atoms with Crippen LogP contribution in [0.2, 0.25) is 0 Å². The summed E-state index contributed by atoms with van der Waals surface area (Å²) in [4.78, 5) is 0. The number of fused-ring (bicyclic) bond motifs is 17. The second-order valence-electron chi connectivity index (χ2n) is 13.3. The Kier molecular flexibility index (Phi) is 4.04. The van der Waals surface area contributed by atoms with Crippen molar-refractivity contribution < 1.29 is 0 Å². The minimum atomic E-state index is 0.127. The fourth-order valence-electron chi connectivity index (χ4n) is 9.43. The summed E-state index contributed by atoms with van der Waals surface area (Å²) in [5.74, 6) is 0. The summed E-state index contributed by atoms with van der Waals surface area (Å²) in [5.41, 5.74) is 13.3. The van der Waals surface area contributed by atoms with Gasteiger partial charge in [0, 0.05) is 43.7 Å². The lowest BCUT2D eigenvalue weighted by atomic mass is 9.34. The van der Waals surface area contributed by atoms with E-state index >= 15 is 0 Å². The van der Waals surface area contributed by atoms with Gasteiger partial charge in [0.25, 0.3) is 6.71 Å². The third-order valence-corrected chi connectivity index (χ3v) is 11.1. The molecule has 0 aliphatic carbocycles. The molecular weight excluding hydrogens is 555 g/mol. The van der Waals surface area contributed by atoms with Gasteiger partial charge in [0.15, 0.2) is 0 Å². The zero-order valence-electron chi connectivity index (χ0n) is 25.2. The molecule has 0 unspecified atom stereocenters. The van der Waals surface area contributed by atoms with Crippen molar-refractivity contribution >= 4 is 99.0 Å². The summed E-state index contributed by atoms with van der Waals surface area (Å²) in [6.45, 7) is 2.34. The zero-order valence-corrected chi connectivity index (χ0v) is 25.2. The van der Waals surface area contributed by atoms with E-state index in [1.807, 2.05) is 0 Å². The van der Waals surface area contributed by atoms with Gasteiger partial charge in [-0.15, -0.1) is 0 Å². The standard InChI is InChI=1S/C43H25BN2/c1-24-20-21-29-32(22-24)25-10-2-3-11-26(25)33-23-38-40-43(39(29)33)46-37-19-7-5-13-28(37)31-15-9-17-35(42(31)46)44(40)34-16-8-14-30-27-12-4-6-18-36(27)45(38)41(30)34/h2-23H,1H3. The Bertz CT molecular complexity index is 3050. The SMILES string of the molecule is Cc1ccc2c(c1)c1ccccc1c1cc3c4c(c21)-n1c2ccccc2c2cccc(c21)B4c1cccc2c4ccccc4n-3c12. The van der Waals surface area contributed by atoms with E-state index in [0.29, 0.717) is 0 Å². The number of hydrogen-bond donors (Lipinski definition) is 0. The van der Waals surface area contributed by atoms with Gasteiger partial charge in [-0.05, 0) is 68.4 Å². The molecule has 0 amide bonds. The topological polar surface area (TPSA) is 9.86 Å². The third kappa shape index (κ3) is 2.54. The molecule has 0 saturated carbocycles. The molecule has 0 N–H and O–H groups in total. The van der Waals surface area contributed by atoms with Crippen LogP contribution in [0, 0.1) is 6.92 Å². The smallest absolute Gasteiger partial charge is 0.252 e. The van der Waals surface area contributed by atoms with E-state index in [-0.39, 0.29) is 6.71 Å². The molecule has 0 atom stereocenters. The minimum Gasteiger partial charge on any atom is -0.310 e. The van der Waals surface area contributed by atoms with Crippen LogP contribution in [0.1, 0.15) is 5.56 Å². The Morgan fingerprint density at radius 3 is 1.70 bits per heavy atom. The van der Waals surface area contributed by atoms with E-state index in [2.05, 4.69) is 150 Å². The van der Waals surface area contributed by atoms with E-state index in [0.717, 1.165) is 0 Å². The molecule has 8 aromatic carbocycles. The molecule has 10 aromatic rings. The normalized spacial score (nSPS) is 13.3. The first-order chi connectivity index (χ1) is 22.8. The largest absolute Gasteiger partial charge is 0.310 e. The highest BCUT2D eigenvalue weighted by atomic mass is 15.0. The molecule has 0 bridgehead atoms. The molecule has 2 nitrogen and oxygen atoms in total. The third-order valence-electron chi connectivity index (χ3n) is 11.1. The molecule has 2 aliphatic heterocycles. The Balaban J connectivity index is 1.46. The number of aromatic nitrogens is 2. The molecule has 0 saturated heterocycles. The lowest BCUT2D eigenvalue weighted by molar-refractivity contribution is 1.16. The second kappa shape index (κ2) is 7.88. The highest BCUT2D eigenvalue weighted by Crippen LogP contribution is 2.45. The molecule has 12 rings (SSSR count). The predicted molar refractivity (Wildman–Crippen MR) is 197 cm³/mol. The maximum Gasteiger partial charge on any atom is 0.252 e. The van der Waals surface area contributed by atoms with Crippen LogP contribution in [-0.2, 0) is 0 Å². The summed E-state index contributed by atoms with van der Waals surface area (Å²) in [6, 6.07) is 50.5. The molecule has 0 spiro atoms. The molecule has 2 aliphatic rings. The van der Waals surface area contributed by atoms with Crippen LogP contribution < -0.4 is 16.4 Å². The summed E-state index contributed by atoms with van der Waals surface area (Å²) >= 11 is 0. The number of rotatable bonds is 0. The first-order valence-electron chi connectivity index (χ1n) is 16.2. The predicted octanol–water partition coefficient (Wildman–Crippen LogP) is 8.79. The van der Waals surface area contributed by atoms with Crippen LogP contribution in [0.5, 0.6) is 0 Å². The molecule has 210 valence electrons. The van der Waals surface area contributed by atoms with Gasteiger partial charge in [0.2, 0.25) is 0 Å². The van der Waals surface area contributed by atoms with Crippen molar-refractivity contribution in [2.24, 2.45) is 0 Å². The Morgan fingerprint density at radius 1 is 0.435 bits per heavy atom. The van der Waals surface area contributed by atoms with Gasteiger partial charge in [0.05, 0.1) is 16.7 Å². The van der Waals surface area contributed by atoms with Crippen molar-refractivity contribution in [3.8, 4) is 11.4 Å². The monoisotopic (exact) mass is 580 g/mol. The number of nitrogens with zero attached hydrogens (tertiary/aromatic N) is 2. The number of hydrogen-bond acceptors (Lipinski definition) is 0. The van der Waals surface area contributed by atoms with E-state index in [4.69, 9.17) is 0 Å². The van der Waals surface area contributed by atoms with Gasteiger partial charge in [0.1, 0.15) is 0 Å². The average molecular weight is 580 g/mol. The van der Waals surface area contributed by atoms with Gasteiger partial charge < -0.3 is 9.13 Å². The van der Waals surface area contributed by atoms with Crippen LogP contribution in [0.15, 0.2) is 133 Å². The van der Waals surface area contributed by atoms with Crippen molar-refractivity contribution in [3.63, 3.8) is 0 Å². The highest BCUT2D eigenvalue weighted by molar-refractivity contribution is 7.00. The van der Waals surface area contributed by atoms with Crippen LogP contribution >= 0.6 is 0 Å². The lowest BCUT2D eigenvalue weighted by Gasteiger charge is -2.35. The van der Waals surface area contributed by atoms with Crippen molar-refractivity contribution in [1.82, 2.24) is 9.13 Å². The number of benzene rings is 8. The van der Waals surface area contributed by atoms with Gasteiger partial charge in [-0.3, -0.25) is 0 Å². The Hall–Kier alpha value is -5.80. The highest BCUT2D eigenvalue weighted by Gasteiger charge is 2.41. The van der Waals surface area contributed by atoms with Gasteiger partial charge in [-0.2, -0.15) is 0 Å². The van der Waals surface area contributed by atoms with Gasteiger partial charge >= 0.3 is 0 Å². The van der Waals surface area contributed by atoms with Crippen molar-refractivity contribution in [2.75, 3.05) is 0 Å². The fourth-order valence-corrected chi connectivity index (χ4v) is 9.43. The van der Waals surface area contributed by atoms with Crippen LogP contribution in [0.3, 0.4) is 0 Å². The number of para-hydroxylation sites is 4. The van der Waals surface area contributed by atoms with Gasteiger partial charge in [-0.1, -0.05) is 121 Å². The molecule has 0 radical (unpaired) electrons. The first kappa shape index (κ1) is 23.6. The van der Waals surface area contributed by atoms with Crippen molar-refractivity contribution in [1.29, 1.82) is 0 Å². The van der Waals surface area contributed by atoms with E-state index in [1.165, 1.54) is 109 Å². The quantitative estimate of drug-likeness (QED) is 0.125. The Labute approximate surface area is 264 Å². The van der Waals surface area contributed by atoms with Crippen LogP contribution in [0.4, 0.5) is 0 Å². The van der Waals surface area contributed by atoms with Crippen molar-refractivity contribution in [3.05, 3.63) is 139 Å². The minimum absolute atomic E-state index is 0.127. The number of aryl methyl sites for hydroxylation is 1. The zero-order chi connectivity index (χ0) is 29.8. The maximum atomic E-state index is 2.63. The molecule has 0 fully saturated rings. The fraction of sp³-hybridized carbons (Fsp3) is 0.0233. The summed E-state index contributed by atoms with van der Waals surface area (Å²) in [6.07, 6.45) is 0. The van der Waals surface area contributed by atoms with Crippen molar-refractivity contribution in [2.45, 2.75) is 6.92 Å². The van der Waals surface area contributed by atoms with E-state index < -0.39 is 0 Å². The summed E-state index contributed by atoms with van der Waals surface area (Å²) < 4.78 is 5.21. The van der Waals surface area contributed by atoms with Crippen LogP contribution in [-0.4, -0.2) is 15.8 Å². The van der Waals surface area contributed by atoms with E-state index in [1.54, 1.807) is 0 Å². The lowest BCUT2D eigenvalue weighted by Crippen LogP contribution is -2.59. The second-order valence-corrected chi connectivity index (χ2v) is 13.3. The first-order valence-corrected chi connectivity index (χ1v) is 16.2. The maximum absolute atomic E-state index is 2.63. The molecular formula is C43H25BN2.